The van der Waals surface area contributed by atoms with Crippen molar-refractivity contribution in [1.82, 2.24) is 5.32 Å². The van der Waals surface area contributed by atoms with E-state index in [1.54, 1.807) is 0 Å². The van der Waals surface area contributed by atoms with Crippen LogP contribution in [0, 0.1) is 23.2 Å². The average Bonchev–Trinajstić information content (AvgIpc) is 3.13. The molecule has 0 bridgehead atoms. The third-order valence-electron chi connectivity index (χ3n) is 3.33. The van der Waals surface area contributed by atoms with Crippen LogP contribution in [0.15, 0.2) is 0 Å². The van der Waals surface area contributed by atoms with E-state index in [0.29, 0.717) is 5.92 Å². The maximum Gasteiger partial charge on any atom is 0.118 e. The second-order valence-electron chi connectivity index (χ2n) is 5.52. The monoisotopic (exact) mass is 254 g/mol. The van der Waals surface area contributed by atoms with Gasteiger partial charge in [0.15, 0.2) is 0 Å². The molecule has 1 N–H and O–H groups in total. The molecule has 1 saturated carbocycles. The summed E-state index contributed by atoms with van der Waals surface area (Å²) in [6, 6.07) is 2.57. The number of rotatable bonds is 9. The van der Waals surface area contributed by atoms with Crippen LogP contribution in [0.5, 0.6) is 0 Å². The second kappa shape index (κ2) is 7.28. The molecule has 98 valence electrons. The van der Waals surface area contributed by atoms with Gasteiger partial charge in [-0.2, -0.15) is 17.0 Å². The Labute approximate surface area is 111 Å². The molecule has 0 aliphatic heterocycles. The molecule has 1 aliphatic carbocycles. The van der Waals surface area contributed by atoms with Crippen molar-refractivity contribution in [2.45, 2.75) is 52.0 Å². The first-order valence-electron chi connectivity index (χ1n) is 6.88. The molecule has 17 heavy (non-hydrogen) atoms. The van der Waals surface area contributed by atoms with E-state index in [4.69, 9.17) is 0 Å². The number of nitrogens with zero attached hydrogens (tertiary/aromatic N) is 1. The molecule has 1 unspecified atom stereocenters. The normalized spacial score (nSPS) is 19.0. The quantitative estimate of drug-likeness (QED) is 0.640. The highest BCUT2D eigenvalue weighted by molar-refractivity contribution is 7.99. The minimum absolute atomic E-state index is 0.238. The molecule has 3 heteroatoms. The van der Waals surface area contributed by atoms with E-state index < -0.39 is 0 Å². The fraction of sp³-hybridized carbons (Fsp3) is 0.929. The van der Waals surface area contributed by atoms with Crippen molar-refractivity contribution in [1.29, 1.82) is 5.26 Å². The highest BCUT2D eigenvalue weighted by Gasteiger charge is 2.45. The Morgan fingerprint density at radius 2 is 2.18 bits per heavy atom. The van der Waals surface area contributed by atoms with Crippen molar-refractivity contribution >= 4 is 11.8 Å². The van der Waals surface area contributed by atoms with Gasteiger partial charge in [-0.15, -0.1) is 0 Å². The number of hydrogen-bond acceptors (Lipinski definition) is 3. The molecular formula is C14H26N2S. The first-order chi connectivity index (χ1) is 8.14. The lowest BCUT2D eigenvalue weighted by Gasteiger charge is -2.27. The summed E-state index contributed by atoms with van der Waals surface area (Å²) < 4.78 is 0. The lowest BCUT2D eigenvalue weighted by atomic mass is 9.97. The van der Waals surface area contributed by atoms with Gasteiger partial charge in [-0.05, 0) is 49.8 Å². The fourth-order valence-electron chi connectivity index (χ4n) is 1.95. The van der Waals surface area contributed by atoms with E-state index in [9.17, 15) is 5.26 Å². The highest BCUT2D eigenvalue weighted by Crippen LogP contribution is 2.41. The van der Waals surface area contributed by atoms with Crippen LogP contribution in [0.4, 0.5) is 0 Å². The van der Waals surface area contributed by atoms with E-state index in [-0.39, 0.29) is 5.54 Å². The number of nitrogens with one attached hydrogen (secondary N) is 1. The largest absolute Gasteiger partial charge is 0.298 e. The summed E-state index contributed by atoms with van der Waals surface area (Å²) in [6.07, 6.45) is 4.82. The van der Waals surface area contributed by atoms with Gasteiger partial charge in [0.2, 0.25) is 0 Å². The summed E-state index contributed by atoms with van der Waals surface area (Å²) in [5, 5.41) is 13.0. The minimum Gasteiger partial charge on any atom is -0.298 e. The molecule has 1 atom stereocenters. The van der Waals surface area contributed by atoms with Crippen LogP contribution in [-0.2, 0) is 0 Å². The maximum absolute atomic E-state index is 9.50. The molecule has 0 spiro atoms. The van der Waals surface area contributed by atoms with Gasteiger partial charge in [-0.3, -0.25) is 5.32 Å². The van der Waals surface area contributed by atoms with Crippen molar-refractivity contribution < 1.29 is 0 Å². The fourth-order valence-corrected chi connectivity index (χ4v) is 3.46. The van der Waals surface area contributed by atoms with Crippen LogP contribution in [0.25, 0.3) is 0 Å². The second-order valence-corrected chi connectivity index (χ2v) is 6.62. The zero-order valence-corrected chi connectivity index (χ0v) is 12.3. The maximum atomic E-state index is 9.50. The van der Waals surface area contributed by atoms with Crippen LogP contribution >= 0.6 is 11.8 Å². The third kappa shape index (κ3) is 4.89. The summed E-state index contributed by atoms with van der Waals surface area (Å²) in [5.74, 6) is 3.51. The number of nitriles is 1. The van der Waals surface area contributed by atoms with Crippen LogP contribution in [0.1, 0.15) is 46.5 Å². The molecule has 0 aromatic heterocycles. The van der Waals surface area contributed by atoms with Gasteiger partial charge in [-0.1, -0.05) is 20.8 Å². The lowest BCUT2D eigenvalue weighted by molar-refractivity contribution is 0.405. The predicted molar refractivity (Wildman–Crippen MR) is 76.1 cm³/mol. The van der Waals surface area contributed by atoms with Crippen LogP contribution in [-0.4, -0.2) is 23.6 Å². The van der Waals surface area contributed by atoms with Crippen molar-refractivity contribution in [2.75, 3.05) is 18.1 Å². The summed E-state index contributed by atoms with van der Waals surface area (Å²) in [6.45, 7) is 7.64. The van der Waals surface area contributed by atoms with E-state index >= 15 is 0 Å². The number of thioether (sulfide) groups is 1. The predicted octanol–water partition coefficient (Wildman–Crippen LogP) is 3.44. The van der Waals surface area contributed by atoms with Gasteiger partial charge in [-0.25, -0.2) is 0 Å². The van der Waals surface area contributed by atoms with Gasteiger partial charge in [0, 0.05) is 5.75 Å². The highest BCUT2D eigenvalue weighted by atomic mass is 32.2. The van der Waals surface area contributed by atoms with Gasteiger partial charge >= 0.3 is 0 Å². The summed E-state index contributed by atoms with van der Waals surface area (Å²) in [5.41, 5.74) is -0.238. The van der Waals surface area contributed by atoms with Crippen LogP contribution < -0.4 is 5.32 Å². The third-order valence-corrected chi connectivity index (χ3v) is 4.52. The van der Waals surface area contributed by atoms with Gasteiger partial charge in [0.05, 0.1) is 6.07 Å². The molecule has 0 saturated heterocycles. The molecule has 0 amide bonds. The first kappa shape index (κ1) is 14.9. The van der Waals surface area contributed by atoms with E-state index in [0.717, 1.165) is 24.6 Å². The topological polar surface area (TPSA) is 35.8 Å². The SMILES string of the molecule is CCCNC(C#N)(CSCCC(C)C)C1CC1. The molecular weight excluding hydrogens is 228 g/mol. The molecule has 2 nitrogen and oxygen atoms in total. The zero-order chi connectivity index (χ0) is 12.7. The standard InChI is InChI=1S/C14H26N2S/c1-4-8-16-14(10-15,13-5-6-13)11-17-9-7-12(2)3/h12-13,16H,4-9,11H2,1-3H3. The average molecular weight is 254 g/mol. The molecule has 1 aliphatic rings. The molecule has 0 aromatic carbocycles. The molecule has 0 aromatic rings. The lowest BCUT2D eigenvalue weighted by Crippen LogP contribution is -2.48. The van der Waals surface area contributed by atoms with Crippen molar-refractivity contribution in [3.8, 4) is 6.07 Å². The summed E-state index contributed by atoms with van der Waals surface area (Å²) in [4.78, 5) is 0. The van der Waals surface area contributed by atoms with Gasteiger partial charge in [0.1, 0.15) is 5.54 Å². The van der Waals surface area contributed by atoms with Crippen molar-refractivity contribution in [3.63, 3.8) is 0 Å². The number of hydrogen-bond donors (Lipinski definition) is 1. The minimum atomic E-state index is -0.238. The molecule has 1 rings (SSSR count). The zero-order valence-electron chi connectivity index (χ0n) is 11.5. The Balaban J connectivity index is 2.37. The van der Waals surface area contributed by atoms with Gasteiger partial charge in [0.25, 0.3) is 0 Å². The molecule has 0 heterocycles. The molecule has 1 fully saturated rings. The van der Waals surface area contributed by atoms with E-state index in [1.807, 2.05) is 11.8 Å². The van der Waals surface area contributed by atoms with E-state index in [2.05, 4.69) is 32.2 Å². The Bertz CT molecular complexity index is 255. The van der Waals surface area contributed by atoms with Gasteiger partial charge < -0.3 is 0 Å². The van der Waals surface area contributed by atoms with Crippen LogP contribution in [0.2, 0.25) is 0 Å². The summed E-state index contributed by atoms with van der Waals surface area (Å²) >= 11 is 1.95. The first-order valence-corrected chi connectivity index (χ1v) is 8.04. The Hall–Kier alpha value is -0.200. The molecule has 0 radical (unpaired) electrons. The van der Waals surface area contributed by atoms with Crippen molar-refractivity contribution in [3.05, 3.63) is 0 Å². The summed E-state index contributed by atoms with van der Waals surface area (Å²) in [7, 11) is 0. The smallest absolute Gasteiger partial charge is 0.118 e. The van der Waals surface area contributed by atoms with Crippen LogP contribution in [0.3, 0.4) is 0 Å². The van der Waals surface area contributed by atoms with Crippen molar-refractivity contribution in [2.24, 2.45) is 11.8 Å². The Morgan fingerprint density at radius 1 is 1.47 bits per heavy atom. The van der Waals surface area contributed by atoms with E-state index in [1.165, 1.54) is 25.0 Å². The Morgan fingerprint density at radius 3 is 2.65 bits per heavy atom. The Kier molecular flexibility index (Phi) is 6.37.